The second-order valence-electron chi connectivity index (χ2n) is 10.2. The number of aromatic amines is 1. The SMILES string of the molecule is CC[C@H]1CCCCN1C(=O)C[C@H](NC(=O)N1CCCCC1)C(=O)C[C@@H](C)c1nc2c(F)cccc2[nH]1. The second kappa shape index (κ2) is 11.8. The van der Waals surface area contributed by atoms with Crippen LogP contribution in [0.25, 0.3) is 11.0 Å². The van der Waals surface area contributed by atoms with Gasteiger partial charge in [0.15, 0.2) is 11.6 Å². The van der Waals surface area contributed by atoms with Gasteiger partial charge < -0.3 is 20.1 Å². The fourth-order valence-corrected chi connectivity index (χ4v) is 5.42. The number of aromatic nitrogens is 2. The second-order valence-corrected chi connectivity index (χ2v) is 10.2. The Hall–Kier alpha value is -2.97. The Bertz CT molecular complexity index is 1080. The fraction of sp³-hybridized carbons (Fsp3) is 0.630. The maximum Gasteiger partial charge on any atom is 0.317 e. The number of ketones is 1. The van der Waals surface area contributed by atoms with Gasteiger partial charge in [-0.2, -0.15) is 0 Å². The van der Waals surface area contributed by atoms with Crippen LogP contribution in [-0.2, 0) is 9.59 Å². The maximum absolute atomic E-state index is 14.1. The van der Waals surface area contributed by atoms with Gasteiger partial charge in [-0.3, -0.25) is 9.59 Å². The lowest BCUT2D eigenvalue weighted by Crippen LogP contribution is -2.52. The number of nitrogens with zero attached hydrogens (tertiary/aromatic N) is 3. The first-order valence-electron chi connectivity index (χ1n) is 13.4. The number of hydrogen-bond donors (Lipinski definition) is 2. The summed E-state index contributed by atoms with van der Waals surface area (Å²) >= 11 is 0. The fourth-order valence-electron chi connectivity index (χ4n) is 5.42. The minimum atomic E-state index is -0.907. The molecular formula is C27H38FN5O3. The molecule has 2 saturated heterocycles. The van der Waals surface area contributed by atoms with Crippen LogP contribution in [-0.4, -0.2) is 69.2 Å². The third kappa shape index (κ3) is 6.05. The van der Waals surface area contributed by atoms with E-state index in [2.05, 4.69) is 22.2 Å². The van der Waals surface area contributed by atoms with Gasteiger partial charge in [-0.1, -0.05) is 19.9 Å². The predicted octanol–water partition coefficient (Wildman–Crippen LogP) is 4.51. The summed E-state index contributed by atoms with van der Waals surface area (Å²) in [6.07, 6.45) is 6.92. The first-order valence-corrected chi connectivity index (χ1v) is 13.4. The number of fused-ring (bicyclic) bond motifs is 1. The van der Waals surface area contributed by atoms with Crippen LogP contribution in [0.2, 0.25) is 0 Å². The quantitative estimate of drug-likeness (QED) is 0.558. The average Bonchev–Trinajstić information content (AvgIpc) is 3.34. The molecule has 1 aromatic carbocycles. The monoisotopic (exact) mass is 499 g/mol. The minimum Gasteiger partial charge on any atom is -0.342 e. The van der Waals surface area contributed by atoms with Crippen LogP contribution in [0.5, 0.6) is 0 Å². The maximum atomic E-state index is 14.1. The van der Waals surface area contributed by atoms with Crippen LogP contribution < -0.4 is 5.32 Å². The van der Waals surface area contributed by atoms with E-state index in [1.165, 1.54) is 6.07 Å². The van der Waals surface area contributed by atoms with Crippen LogP contribution >= 0.6 is 0 Å². The predicted molar refractivity (Wildman–Crippen MR) is 136 cm³/mol. The summed E-state index contributed by atoms with van der Waals surface area (Å²) in [5, 5.41) is 2.88. The van der Waals surface area contributed by atoms with Crippen LogP contribution in [0.3, 0.4) is 0 Å². The molecule has 2 aliphatic rings. The van der Waals surface area contributed by atoms with Crippen molar-refractivity contribution in [3.63, 3.8) is 0 Å². The van der Waals surface area contributed by atoms with Crippen molar-refractivity contribution < 1.29 is 18.8 Å². The summed E-state index contributed by atoms with van der Waals surface area (Å²) in [6.45, 7) is 5.93. The number of Topliss-reactive ketones (excluding diaryl/α,β-unsaturated/α-hetero) is 1. The lowest BCUT2D eigenvalue weighted by molar-refractivity contribution is -0.137. The number of imidazole rings is 1. The van der Waals surface area contributed by atoms with E-state index in [9.17, 15) is 18.8 Å². The standard InChI is InChI=1S/C27H38FN5O3/c1-3-19-10-5-8-15-33(19)24(35)17-22(30-27(36)32-13-6-4-7-14-32)23(34)16-18(2)26-29-21-12-9-11-20(28)25(21)31-26/h9,11-12,18-19,22H,3-8,10,13-17H2,1-2H3,(H,29,31)(H,30,36)/t18-,19+,22+/m1/s1. The molecule has 0 spiro atoms. The van der Waals surface area contributed by atoms with Gasteiger partial charge in [0.25, 0.3) is 0 Å². The van der Waals surface area contributed by atoms with Gasteiger partial charge >= 0.3 is 6.03 Å². The molecule has 4 rings (SSSR count). The zero-order valence-corrected chi connectivity index (χ0v) is 21.4. The molecule has 0 saturated carbocycles. The van der Waals surface area contributed by atoms with Crippen LogP contribution in [0.15, 0.2) is 18.2 Å². The van der Waals surface area contributed by atoms with Crippen LogP contribution in [0, 0.1) is 5.82 Å². The van der Waals surface area contributed by atoms with E-state index in [4.69, 9.17) is 0 Å². The van der Waals surface area contributed by atoms with Crippen LogP contribution in [0.4, 0.5) is 9.18 Å². The molecule has 0 bridgehead atoms. The molecule has 0 aliphatic carbocycles. The summed E-state index contributed by atoms with van der Waals surface area (Å²) < 4.78 is 14.1. The molecule has 3 amide bonds. The van der Waals surface area contributed by atoms with E-state index in [1.807, 2.05) is 11.8 Å². The molecule has 0 radical (unpaired) electrons. The van der Waals surface area contributed by atoms with Crippen molar-refractivity contribution in [2.75, 3.05) is 19.6 Å². The summed E-state index contributed by atoms with van der Waals surface area (Å²) in [4.78, 5) is 50.8. The number of carbonyl (C=O) groups is 3. The molecule has 2 aliphatic heterocycles. The Labute approximate surface area is 212 Å². The molecule has 3 heterocycles. The number of para-hydroxylation sites is 1. The number of urea groups is 1. The van der Waals surface area contributed by atoms with E-state index in [0.29, 0.717) is 31.0 Å². The smallest absolute Gasteiger partial charge is 0.317 e. The number of hydrogen-bond acceptors (Lipinski definition) is 4. The summed E-state index contributed by atoms with van der Waals surface area (Å²) in [5.41, 5.74) is 0.817. The number of likely N-dealkylation sites (tertiary alicyclic amines) is 2. The molecule has 8 nitrogen and oxygen atoms in total. The number of carbonyl (C=O) groups excluding carboxylic acids is 3. The van der Waals surface area contributed by atoms with Crippen molar-refractivity contribution in [3.05, 3.63) is 29.8 Å². The highest BCUT2D eigenvalue weighted by molar-refractivity contribution is 5.93. The Morgan fingerprint density at radius 1 is 1.11 bits per heavy atom. The van der Waals surface area contributed by atoms with Crippen molar-refractivity contribution in [1.29, 1.82) is 0 Å². The molecule has 3 atom stereocenters. The summed E-state index contributed by atoms with van der Waals surface area (Å²) in [6, 6.07) is 3.69. The van der Waals surface area contributed by atoms with E-state index >= 15 is 0 Å². The van der Waals surface area contributed by atoms with Gasteiger partial charge in [-0.15, -0.1) is 0 Å². The highest BCUT2D eigenvalue weighted by Gasteiger charge is 2.32. The molecule has 196 valence electrons. The Morgan fingerprint density at radius 3 is 2.58 bits per heavy atom. The topological polar surface area (TPSA) is 98.4 Å². The number of amides is 3. The largest absolute Gasteiger partial charge is 0.342 e. The molecule has 9 heteroatoms. The zero-order valence-electron chi connectivity index (χ0n) is 21.4. The average molecular weight is 500 g/mol. The molecule has 0 unspecified atom stereocenters. The third-order valence-corrected chi connectivity index (χ3v) is 7.58. The van der Waals surface area contributed by atoms with E-state index < -0.39 is 11.9 Å². The minimum absolute atomic E-state index is 0.0452. The zero-order chi connectivity index (χ0) is 25.7. The Morgan fingerprint density at radius 2 is 1.86 bits per heavy atom. The molecule has 36 heavy (non-hydrogen) atoms. The van der Waals surface area contributed by atoms with Crippen molar-refractivity contribution in [3.8, 4) is 0 Å². The number of benzene rings is 1. The Balaban J connectivity index is 1.48. The van der Waals surface area contributed by atoms with Gasteiger partial charge in [0.05, 0.1) is 18.0 Å². The number of nitrogens with one attached hydrogen (secondary N) is 2. The third-order valence-electron chi connectivity index (χ3n) is 7.58. The lowest BCUT2D eigenvalue weighted by Gasteiger charge is -2.36. The van der Waals surface area contributed by atoms with Crippen molar-refractivity contribution in [2.24, 2.45) is 0 Å². The summed E-state index contributed by atoms with van der Waals surface area (Å²) in [5.74, 6) is -0.535. The van der Waals surface area contributed by atoms with E-state index in [1.54, 1.807) is 17.0 Å². The number of rotatable bonds is 8. The van der Waals surface area contributed by atoms with Gasteiger partial charge in [0, 0.05) is 38.0 Å². The summed E-state index contributed by atoms with van der Waals surface area (Å²) in [7, 11) is 0. The molecule has 1 aromatic heterocycles. The Kier molecular flexibility index (Phi) is 8.59. The normalized spacial score (nSPS) is 20.2. The number of H-pyrrole nitrogens is 1. The van der Waals surface area contributed by atoms with E-state index in [-0.39, 0.29) is 48.0 Å². The van der Waals surface area contributed by atoms with Gasteiger partial charge in [0.1, 0.15) is 11.3 Å². The van der Waals surface area contributed by atoms with Gasteiger partial charge in [0.2, 0.25) is 5.91 Å². The number of piperidine rings is 2. The molecule has 2 fully saturated rings. The lowest BCUT2D eigenvalue weighted by atomic mass is 9.95. The molecule has 2 aromatic rings. The first-order chi connectivity index (χ1) is 17.4. The van der Waals surface area contributed by atoms with Crippen LogP contribution in [0.1, 0.15) is 83.4 Å². The van der Waals surface area contributed by atoms with E-state index in [0.717, 1.165) is 44.9 Å². The van der Waals surface area contributed by atoms with Gasteiger partial charge in [-0.05, 0) is 57.1 Å². The highest BCUT2D eigenvalue weighted by atomic mass is 19.1. The van der Waals surface area contributed by atoms with Gasteiger partial charge in [-0.25, -0.2) is 14.2 Å². The molecular weight excluding hydrogens is 461 g/mol. The first kappa shape index (κ1) is 26.1. The van der Waals surface area contributed by atoms with Crippen molar-refractivity contribution in [2.45, 2.75) is 89.6 Å². The van der Waals surface area contributed by atoms with Crippen molar-refractivity contribution >= 4 is 28.8 Å². The highest BCUT2D eigenvalue weighted by Crippen LogP contribution is 2.24. The van der Waals surface area contributed by atoms with Crippen molar-refractivity contribution in [1.82, 2.24) is 25.1 Å². The number of halogens is 1. The molecule has 2 N–H and O–H groups in total.